The molecule has 5 nitrogen and oxygen atoms in total. The standard InChI is InChI=1S/C17H12Cl2N4OS2/c18-11-6-10(7-12(19)8-11)16(24)20-4-3-13-9-26-17-21-15(22-23(13)17)14-2-1-5-25-14/h1-2,5-9H,3-4H2,(H,20,24). The van der Waals surface area contributed by atoms with E-state index in [4.69, 9.17) is 23.2 Å². The minimum atomic E-state index is -0.210. The molecule has 4 aromatic rings. The molecular formula is C17H12Cl2N4OS2. The van der Waals surface area contributed by atoms with Crippen LogP contribution in [0.1, 0.15) is 16.1 Å². The van der Waals surface area contributed by atoms with E-state index in [2.05, 4.69) is 15.4 Å². The number of aromatic nitrogens is 3. The lowest BCUT2D eigenvalue weighted by atomic mass is 10.2. The lowest BCUT2D eigenvalue weighted by Crippen LogP contribution is -2.26. The highest BCUT2D eigenvalue weighted by molar-refractivity contribution is 7.15. The molecule has 0 radical (unpaired) electrons. The smallest absolute Gasteiger partial charge is 0.251 e. The van der Waals surface area contributed by atoms with Gasteiger partial charge in [0, 0.05) is 34.0 Å². The molecule has 0 atom stereocenters. The number of carbonyl (C=O) groups excluding carboxylic acids is 1. The first-order chi connectivity index (χ1) is 12.6. The largest absolute Gasteiger partial charge is 0.352 e. The lowest BCUT2D eigenvalue weighted by Gasteiger charge is -2.05. The fourth-order valence-corrected chi connectivity index (χ4v) is 4.53. The van der Waals surface area contributed by atoms with Gasteiger partial charge in [-0.2, -0.15) is 4.98 Å². The minimum Gasteiger partial charge on any atom is -0.352 e. The number of amides is 1. The maximum absolute atomic E-state index is 12.2. The molecule has 0 fully saturated rings. The third-order valence-corrected chi connectivity index (χ3v) is 5.85. The minimum absolute atomic E-state index is 0.210. The van der Waals surface area contributed by atoms with Gasteiger partial charge in [0.1, 0.15) is 0 Å². The van der Waals surface area contributed by atoms with Crippen LogP contribution in [0.3, 0.4) is 0 Å². The Kier molecular flexibility index (Phi) is 4.95. The molecule has 132 valence electrons. The molecular weight excluding hydrogens is 411 g/mol. The van der Waals surface area contributed by atoms with Crippen LogP contribution in [0.15, 0.2) is 41.1 Å². The molecule has 0 aliphatic heterocycles. The summed E-state index contributed by atoms with van der Waals surface area (Å²) in [5, 5.41) is 12.3. The number of rotatable bonds is 5. The Morgan fingerprint density at radius 3 is 2.73 bits per heavy atom. The van der Waals surface area contributed by atoms with Crippen LogP contribution in [0.2, 0.25) is 10.0 Å². The van der Waals surface area contributed by atoms with Gasteiger partial charge in [-0.3, -0.25) is 4.79 Å². The highest BCUT2D eigenvalue weighted by Gasteiger charge is 2.13. The Morgan fingerprint density at radius 1 is 1.19 bits per heavy atom. The van der Waals surface area contributed by atoms with Crippen LogP contribution >= 0.6 is 45.9 Å². The zero-order valence-corrected chi connectivity index (χ0v) is 16.4. The number of thiazole rings is 1. The molecule has 0 aliphatic rings. The first-order valence-electron chi connectivity index (χ1n) is 7.71. The summed E-state index contributed by atoms with van der Waals surface area (Å²) >= 11 is 15.0. The molecule has 0 saturated carbocycles. The summed E-state index contributed by atoms with van der Waals surface area (Å²) in [7, 11) is 0. The molecule has 1 N–H and O–H groups in total. The van der Waals surface area contributed by atoms with Crippen molar-refractivity contribution in [1.82, 2.24) is 19.9 Å². The molecule has 1 aromatic carbocycles. The Labute approximate surface area is 167 Å². The zero-order chi connectivity index (χ0) is 18.1. The van der Waals surface area contributed by atoms with Gasteiger partial charge in [0.2, 0.25) is 4.96 Å². The van der Waals surface area contributed by atoms with E-state index in [1.807, 2.05) is 27.4 Å². The Morgan fingerprint density at radius 2 is 2.00 bits per heavy atom. The van der Waals surface area contributed by atoms with Crippen molar-refractivity contribution in [3.05, 3.63) is 62.4 Å². The molecule has 3 aromatic heterocycles. The lowest BCUT2D eigenvalue weighted by molar-refractivity contribution is 0.0954. The van der Waals surface area contributed by atoms with Gasteiger partial charge in [0.15, 0.2) is 5.82 Å². The molecule has 9 heteroatoms. The van der Waals surface area contributed by atoms with Gasteiger partial charge in [-0.25, -0.2) is 4.52 Å². The third kappa shape index (κ3) is 3.61. The summed E-state index contributed by atoms with van der Waals surface area (Å²) in [6.45, 7) is 0.475. The molecule has 0 unspecified atom stereocenters. The summed E-state index contributed by atoms with van der Waals surface area (Å²) in [4.78, 5) is 18.7. The molecule has 0 saturated heterocycles. The van der Waals surface area contributed by atoms with E-state index >= 15 is 0 Å². The van der Waals surface area contributed by atoms with Crippen LogP contribution in [-0.4, -0.2) is 27.0 Å². The van der Waals surface area contributed by atoms with Gasteiger partial charge in [-0.1, -0.05) is 29.3 Å². The van der Waals surface area contributed by atoms with Crippen molar-refractivity contribution in [3.63, 3.8) is 0 Å². The van der Waals surface area contributed by atoms with Crippen molar-refractivity contribution in [2.24, 2.45) is 0 Å². The first kappa shape index (κ1) is 17.5. The number of nitrogens with zero attached hydrogens (tertiary/aromatic N) is 3. The molecule has 4 rings (SSSR count). The van der Waals surface area contributed by atoms with Crippen LogP contribution in [0.5, 0.6) is 0 Å². The van der Waals surface area contributed by atoms with Crippen molar-refractivity contribution < 1.29 is 4.79 Å². The zero-order valence-electron chi connectivity index (χ0n) is 13.3. The van der Waals surface area contributed by atoms with Gasteiger partial charge in [0.05, 0.1) is 10.6 Å². The van der Waals surface area contributed by atoms with Gasteiger partial charge in [-0.15, -0.1) is 27.8 Å². The van der Waals surface area contributed by atoms with Crippen LogP contribution in [-0.2, 0) is 6.42 Å². The Hall–Kier alpha value is -1.93. The fourth-order valence-electron chi connectivity index (χ4n) is 2.50. The molecule has 26 heavy (non-hydrogen) atoms. The highest BCUT2D eigenvalue weighted by atomic mass is 35.5. The number of hydrogen-bond donors (Lipinski definition) is 1. The second kappa shape index (κ2) is 7.36. The van der Waals surface area contributed by atoms with Crippen LogP contribution < -0.4 is 5.32 Å². The van der Waals surface area contributed by atoms with E-state index < -0.39 is 0 Å². The summed E-state index contributed by atoms with van der Waals surface area (Å²) in [5.41, 5.74) is 1.45. The molecule has 0 aliphatic carbocycles. The van der Waals surface area contributed by atoms with E-state index in [1.165, 1.54) is 11.3 Å². The number of nitrogens with one attached hydrogen (secondary N) is 1. The second-order valence-corrected chi connectivity index (χ2v) is 8.16. The predicted molar refractivity (Wildman–Crippen MR) is 107 cm³/mol. The average molecular weight is 423 g/mol. The number of fused-ring (bicyclic) bond motifs is 1. The monoisotopic (exact) mass is 422 g/mol. The average Bonchev–Trinajstić information content (AvgIpc) is 3.31. The Balaban J connectivity index is 1.44. The van der Waals surface area contributed by atoms with E-state index in [9.17, 15) is 4.79 Å². The van der Waals surface area contributed by atoms with Gasteiger partial charge >= 0.3 is 0 Å². The van der Waals surface area contributed by atoms with E-state index in [0.717, 1.165) is 21.4 Å². The van der Waals surface area contributed by atoms with E-state index in [-0.39, 0.29) is 5.91 Å². The number of halogens is 2. The quantitative estimate of drug-likeness (QED) is 0.502. The molecule has 0 bridgehead atoms. The Bertz CT molecular complexity index is 1050. The third-order valence-electron chi connectivity index (χ3n) is 3.68. The highest BCUT2D eigenvalue weighted by Crippen LogP contribution is 2.24. The number of carbonyl (C=O) groups is 1. The van der Waals surface area contributed by atoms with Crippen LogP contribution in [0.25, 0.3) is 15.7 Å². The van der Waals surface area contributed by atoms with Gasteiger partial charge in [0.25, 0.3) is 5.91 Å². The van der Waals surface area contributed by atoms with Crippen molar-refractivity contribution in [3.8, 4) is 10.7 Å². The van der Waals surface area contributed by atoms with Gasteiger partial charge in [-0.05, 0) is 29.6 Å². The maximum atomic E-state index is 12.2. The number of hydrogen-bond acceptors (Lipinski definition) is 5. The van der Waals surface area contributed by atoms with Crippen LogP contribution in [0.4, 0.5) is 0 Å². The molecule has 1 amide bonds. The summed E-state index contributed by atoms with van der Waals surface area (Å²) in [6.07, 6.45) is 0.646. The van der Waals surface area contributed by atoms with Gasteiger partial charge < -0.3 is 5.32 Å². The van der Waals surface area contributed by atoms with Crippen molar-refractivity contribution >= 4 is 56.7 Å². The summed E-state index contributed by atoms with van der Waals surface area (Å²) in [5.74, 6) is 0.518. The maximum Gasteiger partial charge on any atom is 0.251 e. The topological polar surface area (TPSA) is 59.3 Å². The van der Waals surface area contributed by atoms with E-state index in [1.54, 1.807) is 29.5 Å². The van der Waals surface area contributed by atoms with Crippen molar-refractivity contribution in [1.29, 1.82) is 0 Å². The molecule has 0 spiro atoms. The molecule has 3 heterocycles. The summed E-state index contributed by atoms with van der Waals surface area (Å²) in [6, 6.07) is 8.76. The van der Waals surface area contributed by atoms with E-state index in [0.29, 0.717) is 28.6 Å². The second-order valence-electron chi connectivity index (χ2n) is 5.50. The predicted octanol–water partition coefficient (Wildman–Crippen LogP) is 4.80. The van der Waals surface area contributed by atoms with Crippen molar-refractivity contribution in [2.75, 3.05) is 6.54 Å². The SMILES string of the molecule is O=C(NCCc1csc2nc(-c3cccs3)nn12)c1cc(Cl)cc(Cl)c1. The summed E-state index contributed by atoms with van der Waals surface area (Å²) < 4.78 is 1.84. The fraction of sp³-hybridized carbons (Fsp3) is 0.118. The number of benzene rings is 1. The van der Waals surface area contributed by atoms with Crippen molar-refractivity contribution in [2.45, 2.75) is 6.42 Å². The van der Waals surface area contributed by atoms with Crippen LogP contribution in [0, 0.1) is 0 Å². The first-order valence-corrected chi connectivity index (χ1v) is 10.2. The normalized spacial score (nSPS) is 11.2. The number of thiophene rings is 1.